The number of carbonyl (C=O) groups excluding carboxylic acids is 1. The van der Waals surface area contributed by atoms with Crippen molar-refractivity contribution in [2.24, 2.45) is 0 Å². The third-order valence-corrected chi connectivity index (χ3v) is 6.62. The summed E-state index contributed by atoms with van der Waals surface area (Å²) in [6.07, 6.45) is 8.26. The lowest BCUT2D eigenvalue weighted by atomic mass is 9.97. The average molecular weight is 462 g/mol. The molecule has 1 aliphatic rings. The standard InChI is InChI=1S/C29H39N3O2/c1-6-9-12-23-19-21(4)31-22(5)27(23)20-30-29(33)26-13-10-14-28(25(26)11-7-2)32(8-3)24-15-17-34-18-16-24/h6-7,10,13-14,19,24H,1-2,8-9,11-12,15-18,20H2,3-5H3,(H,30,33). The van der Waals surface area contributed by atoms with E-state index in [-0.39, 0.29) is 5.91 Å². The van der Waals surface area contributed by atoms with E-state index in [2.05, 4.69) is 47.4 Å². The van der Waals surface area contributed by atoms with Crippen molar-refractivity contribution in [2.75, 3.05) is 24.7 Å². The zero-order valence-electron chi connectivity index (χ0n) is 21.0. The first-order chi connectivity index (χ1) is 16.5. The molecule has 1 saturated heterocycles. The van der Waals surface area contributed by atoms with Crippen LogP contribution < -0.4 is 10.2 Å². The summed E-state index contributed by atoms with van der Waals surface area (Å²) in [5, 5.41) is 3.18. The molecular formula is C29H39N3O2. The minimum Gasteiger partial charge on any atom is -0.381 e. The van der Waals surface area contributed by atoms with E-state index < -0.39 is 0 Å². The first-order valence-corrected chi connectivity index (χ1v) is 12.4. The second-order valence-electron chi connectivity index (χ2n) is 8.92. The molecule has 1 aromatic carbocycles. The molecule has 2 aromatic rings. The molecule has 5 heteroatoms. The van der Waals surface area contributed by atoms with Crippen LogP contribution in [0.2, 0.25) is 0 Å². The van der Waals surface area contributed by atoms with Crippen molar-refractivity contribution in [3.63, 3.8) is 0 Å². The highest BCUT2D eigenvalue weighted by atomic mass is 16.5. The number of aromatic nitrogens is 1. The van der Waals surface area contributed by atoms with Crippen molar-refractivity contribution in [1.82, 2.24) is 10.3 Å². The summed E-state index contributed by atoms with van der Waals surface area (Å²) in [6.45, 7) is 16.9. The van der Waals surface area contributed by atoms with E-state index in [0.717, 1.165) is 73.6 Å². The van der Waals surface area contributed by atoms with Gasteiger partial charge in [-0.2, -0.15) is 0 Å². The zero-order valence-corrected chi connectivity index (χ0v) is 21.0. The van der Waals surface area contributed by atoms with Crippen molar-refractivity contribution in [2.45, 2.75) is 65.5 Å². The van der Waals surface area contributed by atoms with Gasteiger partial charge in [0, 0.05) is 55.0 Å². The maximum absolute atomic E-state index is 13.4. The number of nitrogens with one attached hydrogen (secondary N) is 1. The molecule has 5 nitrogen and oxygen atoms in total. The summed E-state index contributed by atoms with van der Waals surface area (Å²) < 4.78 is 5.58. The van der Waals surface area contributed by atoms with Gasteiger partial charge in [-0.25, -0.2) is 0 Å². The molecule has 34 heavy (non-hydrogen) atoms. The molecule has 1 fully saturated rings. The predicted octanol–water partition coefficient (Wildman–Crippen LogP) is 5.48. The maximum atomic E-state index is 13.4. The highest BCUT2D eigenvalue weighted by Gasteiger charge is 2.24. The first kappa shape index (κ1) is 25.7. The Balaban J connectivity index is 1.87. The Labute approximate surface area is 204 Å². The van der Waals surface area contributed by atoms with E-state index in [1.807, 2.05) is 38.1 Å². The number of benzene rings is 1. The van der Waals surface area contributed by atoms with Crippen LogP contribution in [0, 0.1) is 13.8 Å². The summed E-state index contributed by atoms with van der Waals surface area (Å²) in [7, 11) is 0. The maximum Gasteiger partial charge on any atom is 0.251 e. The van der Waals surface area contributed by atoms with Crippen molar-refractivity contribution in [1.29, 1.82) is 0 Å². The molecule has 182 valence electrons. The molecule has 0 atom stereocenters. The molecule has 1 amide bonds. The summed E-state index contributed by atoms with van der Waals surface area (Å²) in [5.41, 5.74) is 7.17. The monoisotopic (exact) mass is 461 g/mol. The number of carbonyl (C=O) groups is 1. The van der Waals surface area contributed by atoms with Crippen molar-refractivity contribution in [3.05, 3.63) is 83.2 Å². The molecule has 1 aromatic heterocycles. The van der Waals surface area contributed by atoms with Gasteiger partial charge in [0.2, 0.25) is 0 Å². The second-order valence-corrected chi connectivity index (χ2v) is 8.92. The van der Waals surface area contributed by atoms with E-state index >= 15 is 0 Å². The van der Waals surface area contributed by atoms with Gasteiger partial charge in [-0.3, -0.25) is 9.78 Å². The Kier molecular flexibility index (Phi) is 9.46. The number of rotatable bonds is 11. The van der Waals surface area contributed by atoms with Gasteiger partial charge >= 0.3 is 0 Å². The first-order valence-electron chi connectivity index (χ1n) is 12.4. The number of ether oxygens (including phenoxy) is 1. The topological polar surface area (TPSA) is 54.5 Å². The van der Waals surface area contributed by atoms with E-state index in [1.54, 1.807) is 0 Å². The normalized spacial score (nSPS) is 14.0. The van der Waals surface area contributed by atoms with Gasteiger partial charge in [0.05, 0.1) is 0 Å². The molecule has 0 unspecified atom stereocenters. The van der Waals surface area contributed by atoms with Crippen LogP contribution in [0.15, 0.2) is 49.6 Å². The quantitative estimate of drug-likeness (QED) is 0.450. The van der Waals surface area contributed by atoms with E-state index in [0.29, 0.717) is 24.6 Å². The SMILES string of the molecule is C=CCCc1cc(C)nc(C)c1CNC(=O)c1cccc(N(CC)C2CCOCC2)c1CC=C. The number of aryl methyl sites for hydroxylation is 3. The molecule has 3 rings (SSSR count). The molecule has 0 radical (unpaired) electrons. The highest BCUT2D eigenvalue weighted by Crippen LogP contribution is 2.30. The number of pyridine rings is 1. The van der Waals surface area contributed by atoms with Crippen LogP contribution in [0.4, 0.5) is 5.69 Å². The number of amides is 1. The Morgan fingerprint density at radius 1 is 1.21 bits per heavy atom. The van der Waals surface area contributed by atoms with E-state index in [1.165, 1.54) is 5.56 Å². The van der Waals surface area contributed by atoms with Crippen LogP contribution in [0.5, 0.6) is 0 Å². The largest absolute Gasteiger partial charge is 0.381 e. The van der Waals surface area contributed by atoms with Gasteiger partial charge in [0.15, 0.2) is 0 Å². The minimum absolute atomic E-state index is 0.0589. The molecule has 2 heterocycles. The molecule has 1 aliphatic heterocycles. The molecule has 0 bridgehead atoms. The van der Waals surface area contributed by atoms with Crippen molar-refractivity contribution in [3.8, 4) is 0 Å². The summed E-state index contributed by atoms with van der Waals surface area (Å²) in [4.78, 5) is 20.5. The Morgan fingerprint density at radius 2 is 1.97 bits per heavy atom. The fraction of sp³-hybridized carbons (Fsp3) is 0.448. The molecule has 0 spiro atoms. The van der Waals surface area contributed by atoms with Crippen molar-refractivity contribution >= 4 is 11.6 Å². The second kappa shape index (κ2) is 12.5. The van der Waals surface area contributed by atoms with Crippen LogP contribution >= 0.6 is 0 Å². The number of hydrogen-bond donors (Lipinski definition) is 1. The molecular weight excluding hydrogens is 422 g/mol. The third-order valence-electron chi connectivity index (χ3n) is 6.62. The number of nitrogens with zero attached hydrogens (tertiary/aromatic N) is 2. The fourth-order valence-corrected chi connectivity index (χ4v) is 4.96. The smallest absolute Gasteiger partial charge is 0.251 e. The zero-order chi connectivity index (χ0) is 24.5. The van der Waals surface area contributed by atoms with Crippen LogP contribution in [-0.4, -0.2) is 36.7 Å². The number of hydrogen-bond acceptors (Lipinski definition) is 4. The minimum atomic E-state index is -0.0589. The number of anilines is 1. The fourth-order valence-electron chi connectivity index (χ4n) is 4.96. The van der Waals surface area contributed by atoms with Gasteiger partial charge in [0.1, 0.15) is 0 Å². The summed E-state index contributed by atoms with van der Waals surface area (Å²) in [5.74, 6) is -0.0589. The third kappa shape index (κ3) is 6.15. The van der Waals surface area contributed by atoms with Crippen LogP contribution in [-0.2, 0) is 24.1 Å². The van der Waals surface area contributed by atoms with Gasteiger partial charge < -0.3 is 15.0 Å². The van der Waals surface area contributed by atoms with Crippen LogP contribution in [0.1, 0.15) is 64.6 Å². The Hall–Kier alpha value is -2.92. The lowest BCUT2D eigenvalue weighted by Gasteiger charge is -2.37. The Morgan fingerprint density at radius 3 is 2.65 bits per heavy atom. The van der Waals surface area contributed by atoms with Crippen LogP contribution in [0.25, 0.3) is 0 Å². The molecule has 0 saturated carbocycles. The lowest BCUT2D eigenvalue weighted by molar-refractivity contribution is 0.0845. The average Bonchev–Trinajstić information content (AvgIpc) is 2.84. The summed E-state index contributed by atoms with van der Waals surface area (Å²) in [6, 6.07) is 8.60. The number of allylic oxidation sites excluding steroid dienone is 2. The van der Waals surface area contributed by atoms with Gasteiger partial charge in [-0.1, -0.05) is 18.2 Å². The Bertz CT molecular complexity index is 1010. The van der Waals surface area contributed by atoms with E-state index in [4.69, 9.17) is 4.74 Å². The van der Waals surface area contributed by atoms with Gasteiger partial charge in [0.25, 0.3) is 5.91 Å². The predicted molar refractivity (Wildman–Crippen MR) is 141 cm³/mol. The van der Waals surface area contributed by atoms with Gasteiger partial charge in [-0.05, 0) is 87.8 Å². The lowest BCUT2D eigenvalue weighted by Crippen LogP contribution is -2.40. The molecule has 1 N–H and O–H groups in total. The molecule has 0 aliphatic carbocycles. The van der Waals surface area contributed by atoms with E-state index in [9.17, 15) is 4.79 Å². The summed E-state index contributed by atoms with van der Waals surface area (Å²) >= 11 is 0. The van der Waals surface area contributed by atoms with Crippen LogP contribution in [0.3, 0.4) is 0 Å². The highest BCUT2D eigenvalue weighted by molar-refractivity contribution is 5.97. The van der Waals surface area contributed by atoms with Crippen molar-refractivity contribution < 1.29 is 9.53 Å². The van der Waals surface area contributed by atoms with Gasteiger partial charge in [-0.15, -0.1) is 13.2 Å².